The molecule has 118 valence electrons. The van der Waals surface area contributed by atoms with Crippen molar-refractivity contribution in [1.82, 2.24) is 14.6 Å². The number of hydrogen-bond donors (Lipinski definition) is 0. The van der Waals surface area contributed by atoms with E-state index in [1.54, 1.807) is 0 Å². The molecule has 2 rings (SSSR count). The highest BCUT2D eigenvalue weighted by atomic mass is 31.1. The van der Waals surface area contributed by atoms with Crippen LogP contribution >= 0.6 is 8.07 Å². The highest BCUT2D eigenvalue weighted by Crippen LogP contribution is 2.48. The van der Waals surface area contributed by atoms with Crippen molar-refractivity contribution in [2.75, 3.05) is 0 Å². The minimum absolute atomic E-state index is 0.347. The minimum Gasteiger partial charge on any atom is -0.276 e. The van der Waals surface area contributed by atoms with Gasteiger partial charge in [-0.05, 0) is 60.0 Å². The third kappa shape index (κ3) is 4.86. The van der Waals surface area contributed by atoms with Crippen molar-refractivity contribution >= 4 is 8.07 Å². The molecule has 0 aliphatic heterocycles. The Balaban J connectivity index is 2.23. The molecule has 0 aliphatic carbocycles. The summed E-state index contributed by atoms with van der Waals surface area (Å²) < 4.78 is 2.64. The Hall–Kier alpha value is -1.31. The fourth-order valence-electron chi connectivity index (χ4n) is 2.83. The summed E-state index contributed by atoms with van der Waals surface area (Å²) in [4.78, 5) is 9.06. The smallest absolute Gasteiger partial charge is 0.0458 e. The lowest BCUT2D eigenvalue weighted by atomic mass is 10.3. The van der Waals surface area contributed by atoms with Gasteiger partial charge in [0, 0.05) is 48.2 Å². The van der Waals surface area contributed by atoms with Crippen LogP contribution in [0, 0.1) is 0 Å². The Morgan fingerprint density at radius 1 is 0.818 bits per heavy atom. The van der Waals surface area contributed by atoms with Gasteiger partial charge < -0.3 is 0 Å². The van der Waals surface area contributed by atoms with Crippen LogP contribution in [0.2, 0.25) is 0 Å². The number of rotatable bonds is 7. The summed E-state index contributed by atoms with van der Waals surface area (Å²) in [5, 5.41) is 0. The molecule has 0 atom stereocenters. The van der Waals surface area contributed by atoms with Gasteiger partial charge in [-0.3, -0.25) is 14.6 Å². The molecule has 0 saturated carbocycles. The topological polar surface area (TPSA) is 29.0 Å². The largest absolute Gasteiger partial charge is 0.276 e. The van der Waals surface area contributed by atoms with Gasteiger partial charge in [-0.15, -0.1) is 0 Å². The first-order valence-electron chi connectivity index (χ1n) is 7.91. The zero-order chi connectivity index (χ0) is 15.9. The van der Waals surface area contributed by atoms with Gasteiger partial charge in [0.2, 0.25) is 0 Å². The molecular weight excluding hydrogens is 289 g/mol. The molecule has 0 radical (unpaired) electrons. The zero-order valence-electron chi connectivity index (χ0n) is 14.0. The lowest BCUT2D eigenvalue weighted by Crippen LogP contribution is -2.33. The average molecular weight is 315 g/mol. The van der Waals surface area contributed by atoms with E-state index in [1.807, 2.05) is 24.5 Å². The Morgan fingerprint density at radius 3 is 1.59 bits per heavy atom. The van der Waals surface area contributed by atoms with E-state index in [0.717, 1.165) is 12.3 Å². The number of nitrogens with zero attached hydrogens (tertiary/aromatic N) is 3. The highest BCUT2D eigenvalue weighted by Gasteiger charge is 2.25. The average Bonchev–Trinajstić information content (AvgIpc) is 2.48. The molecule has 22 heavy (non-hydrogen) atoms. The van der Waals surface area contributed by atoms with Crippen molar-refractivity contribution in [2.24, 2.45) is 0 Å². The Morgan fingerprint density at radius 2 is 1.27 bits per heavy atom. The van der Waals surface area contributed by atoms with Gasteiger partial charge in [0.05, 0.1) is 0 Å². The van der Waals surface area contributed by atoms with Crippen molar-refractivity contribution in [2.45, 2.75) is 52.1 Å². The molecule has 3 nitrogen and oxygen atoms in total. The summed E-state index contributed by atoms with van der Waals surface area (Å²) in [6.45, 7) is 9.14. The lowest BCUT2D eigenvalue weighted by molar-refractivity contribution is 0.321. The van der Waals surface area contributed by atoms with Crippen molar-refractivity contribution < 1.29 is 0 Å². The van der Waals surface area contributed by atoms with Gasteiger partial charge in [0.25, 0.3) is 0 Å². The fourth-order valence-corrected chi connectivity index (χ4v) is 5.69. The van der Waals surface area contributed by atoms with E-state index < -0.39 is 0 Å². The number of hydrogen-bond acceptors (Lipinski definition) is 3. The van der Waals surface area contributed by atoms with Gasteiger partial charge in [0.1, 0.15) is 0 Å². The van der Waals surface area contributed by atoms with E-state index in [2.05, 4.69) is 66.6 Å². The third-order valence-corrected chi connectivity index (χ3v) is 6.48. The molecule has 0 saturated heterocycles. The maximum Gasteiger partial charge on any atom is 0.0458 e. The van der Waals surface area contributed by atoms with E-state index in [9.17, 15) is 0 Å². The summed E-state index contributed by atoms with van der Waals surface area (Å²) >= 11 is 0. The van der Waals surface area contributed by atoms with E-state index in [0.29, 0.717) is 12.1 Å². The molecule has 0 unspecified atom stereocenters. The molecule has 0 aromatic carbocycles. The molecule has 0 amide bonds. The van der Waals surface area contributed by atoms with Crippen molar-refractivity contribution in [1.29, 1.82) is 0 Å². The first-order valence-corrected chi connectivity index (χ1v) is 9.57. The second-order valence-electron chi connectivity index (χ2n) is 6.03. The highest BCUT2D eigenvalue weighted by molar-refractivity contribution is 7.53. The van der Waals surface area contributed by atoms with Crippen LogP contribution in [0.15, 0.2) is 48.8 Å². The van der Waals surface area contributed by atoms with Crippen LogP contribution < -0.4 is 0 Å². The van der Waals surface area contributed by atoms with Gasteiger partial charge in [0.15, 0.2) is 0 Å². The molecule has 2 heterocycles. The van der Waals surface area contributed by atoms with Crippen molar-refractivity contribution in [3.05, 3.63) is 60.2 Å². The van der Waals surface area contributed by atoms with Gasteiger partial charge in [-0.2, -0.15) is 0 Å². The molecule has 0 N–H and O–H groups in total. The van der Waals surface area contributed by atoms with Crippen LogP contribution in [-0.2, 0) is 12.3 Å². The summed E-state index contributed by atoms with van der Waals surface area (Å²) in [6, 6.07) is 13.4. The molecule has 0 bridgehead atoms. The maximum absolute atomic E-state index is 4.53. The van der Waals surface area contributed by atoms with Crippen LogP contribution in [0.25, 0.3) is 0 Å². The lowest BCUT2D eigenvalue weighted by Gasteiger charge is -2.38. The molecular formula is C18H26N3P. The normalized spacial score (nSPS) is 11.8. The fraction of sp³-hybridized carbons (Fsp3) is 0.444. The zero-order valence-corrected chi connectivity index (χ0v) is 14.9. The number of pyridine rings is 2. The molecule has 0 spiro atoms. The van der Waals surface area contributed by atoms with E-state index in [1.165, 1.54) is 11.4 Å². The standard InChI is InChI=1S/C18H26N3P/c1-15(2)21(16(3)4)22(13-17-9-5-7-11-19-17)14-18-10-6-8-12-20-18/h5-12,15-16H,13-14H2,1-4H3. The van der Waals surface area contributed by atoms with Crippen LogP contribution in [0.3, 0.4) is 0 Å². The summed E-state index contributed by atoms with van der Waals surface area (Å²) in [6.07, 6.45) is 5.81. The second kappa shape index (κ2) is 8.36. The SMILES string of the molecule is CC(C)N(C(C)C)P(Cc1ccccn1)Cc1ccccn1. The Labute approximate surface area is 135 Å². The molecule has 2 aromatic rings. The number of aromatic nitrogens is 2. The van der Waals surface area contributed by atoms with Gasteiger partial charge >= 0.3 is 0 Å². The van der Waals surface area contributed by atoms with Crippen LogP contribution in [0.4, 0.5) is 0 Å². The molecule has 0 aliphatic rings. The maximum atomic E-state index is 4.53. The summed E-state index contributed by atoms with van der Waals surface area (Å²) in [5.41, 5.74) is 2.35. The van der Waals surface area contributed by atoms with Gasteiger partial charge in [-0.1, -0.05) is 12.1 Å². The van der Waals surface area contributed by atoms with Crippen molar-refractivity contribution in [3.63, 3.8) is 0 Å². The predicted molar refractivity (Wildman–Crippen MR) is 94.9 cm³/mol. The first kappa shape index (κ1) is 17.1. The van der Waals surface area contributed by atoms with Crippen LogP contribution in [-0.4, -0.2) is 26.7 Å². The van der Waals surface area contributed by atoms with E-state index in [4.69, 9.17) is 0 Å². The quantitative estimate of drug-likeness (QED) is 0.694. The van der Waals surface area contributed by atoms with Crippen LogP contribution in [0.5, 0.6) is 0 Å². The summed E-state index contributed by atoms with van der Waals surface area (Å²) in [5.74, 6) is 0. The van der Waals surface area contributed by atoms with Crippen molar-refractivity contribution in [3.8, 4) is 0 Å². The third-order valence-electron chi connectivity index (χ3n) is 3.53. The monoisotopic (exact) mass is 315 g/mol. The summed E-state index contributed by atoms with van der Waals surface area (Å²) in [7, 11) is -0.347. The predicted octanol–water partition coefficient (Wildman–Crippen LogP) is 4.69. The van der Waals surface area contributed by atoms with Crippen LogP contribution in [0.1, 0.15) is 39.1 Å². The minimum atomic E-state index is -0.347. The second-order valence-corrected chi connectivity index (χ2v) is 8.14. The van der Waals surface area contributed by atoms with E-state index in [-0.39, 0.29) is 8.07 Å². The first-order chi connectivity index (χ1) is 10.6. The molecule has 2 aromatic heterocycles. The van der Waals surface area contributed by atoms with E-state index >= 15 is 0 Å². The Bertz CT molecular complexity index is 493. The molecule has 4 heteroatoms. The molecule has 0 fully saturated rings. The Kier molecular flexibility index (Phi) is 6.48. The van der Waals surface area contributed by atoms with Gasteiger partial charge in [-0.25, -0.2) is 0 Å².